The van der Waals surface area contributed by atoms with E-state index in [2.05, 4.69) is 0 Å². The van der Waals surface area contributed by atoms with Gasteiger partial charge in [-0.2, -0.15) is 4.31 Å². The Labute approximate surface area is 140 Å². The number of rotatable bonds is 3. The third kappa shape index (κ3) is 3.06. The number of hydrogen-bond acceptors (Lipinski definition) is 4. The fourth-order valence-corrected chi connectivity index (χ4v) is 4.53. The Morgan fingerprint density at radius 2 is 1.88 bits per heavy atom. The van der Waals surface area contributed by atoms with Gasteiger partial charge in [-0.15, -0.1) is 0 Å². The average molecular weight is 346 g/mol. The number of nitrogens with zero attached hydrogens (tertiary/aromatic N) is 1. The first kappa shape index (κ1) is 16.6. The molecule has 24 heavy (non-hydrogen) atoms. The van der Waals surface area contributed by atoms with Gasteiger partial charge >= 0.3 is 0 Å². The largest absolute Gasteiger partial charge is 0.289 e. The topological polar surface area (TPSA) is 86.7 Å². The number of hydrogen-bond donors (Lipinski definition) is 2. The standard InChI is InChI=1S/C17H18N2O4S/c20-17(18-21)16-8-2-1-5-11-19(16)24(22,23)15-10-9-13-6-3-4-7-14(13)12-15/h1-4,6-7,9-10,12,16,21H,5,8,11H2,(H,18,20). The first-order valence-corrected chi connectivity index (χ1v) is 9.07. The lowest BCUT2D eigenvalue weighted by molar-refractivity contribution is -0.133. The third-order valence-corrected chi connectivity index (χ3v) is 6.03. The normalized spacial score (nSPS) is 19.1. The van der Waals surface area contributed by atoms with Gasteiger partial charge in [0, 0.05) is 6.54 Å². The van der Waals surface area contributed by atoms with Gasteiger partial charge in [0.2, 0.25) is 10.0 Å². The number of fused-ring (bicyclic) bond motifs is 1. The van der Waals surface area contributed by atoms with E-state index in [0.717, 1.165) is 15.1 Å². The summed E-state index contributed by atoms with van der Waals surface area (Å²) in [6.07, 6.45) is 4.34. The van der Waals surface area contributed by atoms with Crippen molar-refractivity contribution in [1.82, 2.24) is 9.79 Å². The van der Waals surface area contributed by atoms with Crippen molar-refractivity contribution in [2.45, 2.75) is 23.8 Å². The van der Waals surface area contributed by atoms with Crippen molar-refractivity contribution in [2.24, 2.45) is 0 Å². The highest BCUT2D eigenvalue weighted by Gasteiger charge is 2.35. The lowest BCUT2D eigenvalue weighted by Gasteiger charge is -2.27. The monoisotopic (exact) mass is 346 g/mol. The molecule has 1 aliphatic heterocycles. The number of nitrogens with one attached hydrogen (secondary N) is 1. The Balaban J connectivity index is 2.04. The zero-order chi connectivity index (χ0) is 17.2. The van der Waals surface area contributed by atoms with Crippen molar-refractivity contribution in [3.63, 3.8) is 0 Å². The average Bonchev–Trinajstić information content (AvgIpc) is 2.87. The smallest absolute Gasteiger partial charge is 0.262 e. The molecule has 7 heteroatoms. The van der Waals surface area contributed by atoms with Crippen LogP contribution in [-0.2, 0) is 14.8 Å². The molecule has 1 amide bonds. The maximum atomic E-state index is 13.1. The molecule has 0 spiro atoms. The summed E-state index contributed by atoms with van der Waals surface area (Å²) in [4.78, 5) is 12.1. The Hall–Kier alpha value is -2.22. The minimum atomic E-state index is -3.86. The van der Waals surface area contributed by atoms with Gasteiger partial charge in [-0.1, -0.05) is 42.5 Å². The van der Waals surface area contributed by atoms with Gasteiger partial charge in [-0.3, -0.25) is 10.0 Å². The van der Waals surface area contributed by atoms with E-state index in [1.54, 1.807) is 29.8 Å². The number of sulfonamides is 1. The Bertz CT molecular complexity index is 892. The van der Waals surface area contributed by atoms with Crippen LogP contribution in [0.2, 0.25) is 0 Å². The second kappa shape index (κ2) is 6.72. The van der Waals surface area contributed by atoms with Gasteiger partial charge in [0.15, 0.2) is 0 Å². The summed E-state index contributed by atoms with van der Waals surface area (Å²) in [7, 11) is -3.86. The molecule has 0 saturated heterocycles. The summed E-state index contributed by atoms with van der Waals surface area (Å²) < 4.78 is 27.3. The highest BCUT2D eigenvalue weighted by atomic mass is 32.2. The van der Waals surface area contributed by atoms with E-state index in [1.165, 1.54) is 0 Å². The van der Waals surface area contributed by atoms with Crippen molar-refractivity contribution in [1.29, 1.82) is 0 Å². The van der Waals surface area contributed by atoms with Crippen LogP contribution in [0.25, 0.3) is 10.8 Å². The van der Waals surface area contributed by atoms with Crippen LogP contribution in [-0.4, -0.2) is 36.4 Å². The van der Waals surface area contributed by atoms with Gasteiger partial charge in [-0.25, -0.2) is 13.9 Å². The van der Waals surface area contributed by atoms with E-state index < -0.39 is 22.0 Å². The number of benzene rings is 2. The molecule has 0 saturated carbocycles. The molecular formula is C17H18N2O4S. The van der Waals surface area contributed by atoms with Crippen LogP contribution in [0.4, 0.5) is 0 Å². The van der Waals surface area contributed by atoms with Crippen LogP contribution in [0.1, 0.15) is 12.8 Å². The Morgan fingerprint density at radius 3 is 2.62 bits per heavy atom. The van der Waals surface area contributed by atoms with Gasteiger partial charge in [0.25, 0.3) is 5.91 Å². The zero-order valence-electron chi connectivity index (χ0n) is 12.9. The van der Waals surface area contributed by atoms with E-state index in [4.69, 9.17) is 5.21 Å². The molecule has 0 bridgehead atoms. The van der Waals surface area contributed by atoms with Gasteiger partial charge in [0.1, 0.15) is 6.04 Å². The molecule has 3 rings (SSSR count). The van der Waals surface area contributed by atoms with Crippen molar-refractivity contribution in [2.75, 3.05) is 6.54 Å². The van der Waals surface area contributed by atoms with Crippen molar-refractivity contribution in [3.8, 4) is 0 Å². The summed E-state index contributed by atoms with van der Waals surface area (Å²) in [5.74, 6) is -0.731. The fraction of sp³-hybridized carbons (Fsp3) is 0.235. The summed E-state index contributed by atoms with van der Waals surface area (Å²) in [6.45, 7) is 0.184. The summed E-state index contributed by atoms with van der Waals surface area (Å²) in [5, 5.41) is 10.7. The van der Waals surface area contributed by atoms with Gasteiger partial charge < -0.3 is 0 Å². The minimum absolute atomic E-state index is 0.138. The van der Waals surface area contributed by atoms with Crippen molar-refractivity contribution < 1.29 is 18.4 Å². The molecule has 1 heterocycles. The van der Waals surface area contributed by atoms with Crippen LogP contribution < -0.4 is 5.48 Å². The third-order valence-electron chi connectivity index (χ3n) is 4.13. The minimum Gasteiger partial charge on any atom is -0.289 e. The summed E-state index contributed by atoms with van der Waals surface area (Å²) >= 11 is 0. The maximum absolute atomic E-state index is 13.1. The van der Waals surface area contributed by atoms with Gasteiger partial charge in [-0.05, 0) is 35.7 Å². The summed E-state index contributed by atoms with van der Waals surface area (Å²) in [5.41, 5.74) is 1.57. The Kier molecular flexibility index (Phi) is 4.66. The van der Waals surface area contributed by atoms with E-state index >= 15 is 0 Å². The van der Waals surface area contributed by atoms with E-state index in [1.807, 2.05) is 30.3 Å². The van der Waals surface area contributed by atoms with E-state index in [0.29, 0.717) is 6.42 Å². The first-order valence-electron chi connectivity index (χ1n) is 7.63. The first-order chi connectivity index (χ1) is 11.5. The molecule has 2 aromatic carbocycles. The van der Waals surface area contributed by atoms with Crippen LogP contribution in [0, 0.1) is 0 Å². The maximum Gasteiger partial charge on any atom is 0.262 e. The predicted octanol–water partition coefficient (Wildman–Crippen LogP) is 2.05. The second-order valence-corrected chi connectivity index (χ2v) is 7.50. The highest BCUT2D eigenvalue weighted by Crippen LogP contribution is 2.25. The SMILES string of the molecule is O=C(NO)C1CC=CCCN1S(=O)(=O)c1ccc2ccccc2c1. The second-order valence-electron chi connectivity index (χ2n) is 5.61. The molecule has 1 unspecified atom stereocenters. The van der Waals surface area contributed by atoms with E-state index in [-0.39, 0.29) is 17.9 Å². The predicted molar refractivity (Wildman–Crippen MR) is 89.9 cm³/mol. The molecule has 126 valence electrons. The van der Waals surface area contributed by atoms with Crippen molar-refractivity contribution >= 4 is 26.7 Å². The summed E-state index contributed by atoms with van der Waals surface area (Å²) in [6, 6.07) is 11.4. The molecule has 1 aliphatic rings. The lowest BCUT2D eigenvalue weighted by atomic mass is 10.1. The molecule has 0 fully saturated rings. The molecule has 2 aromatic rings. The number of amides is 1. The molecule has 0 aliphatic carbocycles. The quantitative estimate of drug-likeness (QED) is 0.506. The molecule has 0 radical (unpaired) electrons. The van der Waals surface area contributed by atoms with Crippen LogP contribution >= 0.6 is 0 Å². The highest BCUT2D eigenvalue weighted by molar-refractivity contribution is 7.89. The fourth-order valence-electron chi connectivity index (χ4n) is 2.88. The molecular weight excluding hydrogens is 328 g/mol. The molecule has 2 N–H and O–H groups in total. The number of carbonyl (C=O) groups excluding carboxylic acids is 1. The van der Waals surface area contributed by atoms with Crippen LogP contribution in [0.15, 0.2) is 59.5 Å². The molecule has 1 atom stereocenters. The number of hydroxylamine groups is 1. The lowest BCUT2D eigenvalue weighted by Crippen LogP contribution is -2.48. The van der Waals surface area contributed by atoms with Crippen LogP contribution in [0.5, 0.6) is 0 Å². The number of carbonyl (C=O) groups is 1. The molecule has 0 aromatic heterocycles. The Morgan fingerprint density at radius 1 is 1.12 bits per heavy atom. The van der Waals surface area contributed by atoms with Crippen molar-refractivity contribution in [3.05, 3.63) is 54.6 Å². The van der Waals surface area contributed by atoms with Gasteiger partial charge in [0.05, 0.1) is 4.90 Å². The van der Waals surface area contributed by atoms with E-state index in [9.17, 15) is 13.2 Å². The van der Waals surface area contributed by atoms with Crippen LogP contribution in [0.3, 0.4) is 0 Å². The zero-order valence-corrected chi connectivity index (χ0v) is 13.7. The molecule has 6 nitrogen and oxygen atoms in total.